The lowest BCUT2D eigenvalue weighted by Gasteiger charge is -2.30. The van der Waals surface area contributed by atoms with Crippen molar-refractivity contribution in [2.45, 2.75) is 58.8 Å². The fraction of sp³-hybridized carbons (Fsp3) is 0.647. The second-order valence-corrected chi connectivity index (χ2v) is 7.26. The highest BCUT2D eigenvalue weighted by molar-refractivity contribution is 5.50. The summed E-state index contributed by atoms with van der Waals surface area (Å²) in [5.41, 5.74) is 9.69. The Hall–Kier alpha value is -1.02. The van der Waals surface area contributed by atoms with Gasteiger partial charge in [0.05, 0.1) is 7.11 Å². The molecule has 0 amide bonds. The van der Waals surface area contributed by atoms with Crippen LogP contribution in [0.4, 0.5) is 0 Å². The van der Waals surface area contributed by atoms with Crippen LogP contribution in [0.1, 0.15) is 58.2 Å². The summed E-state index contributed by atoms with van der Waals surface area (Å²) in [5.74, 6) is 1.03. The predicted octanol–water partition coefficient (Wildman–Crippen LogP) is 3.79. The van der Waals surface area contributed by atoms with Gasteiger partial charge in [0.25, 0.3) is 0 Å². The molecule has 0 heterocycles. The molecular formula is C17H29NO. The summed E-state index contributed by atoms with van der Waals surface area (Å²) in [7, 11) is 1.77. The smallest absolute Gasteiger partial charge is 0.126 e. The quantitative estimate of drug-likeness (QED) is 0.900. The van der Waals surface area contributed by atoms with Crippen molar-refractivity contribution in [3.05, 3.63) is 28.8 Å². The van der Waals surface area contributed by atoms with Gasteiger partial charge in [0.2, 0.25) is 0 Å². The molecule has 19 heavy (non-hydrogen) atoms. The topological polar surface area (TPSA) is 35.2 Å². The Balaban J connectivity index is 3.57. The summed E-state index contributed by atoms with van der Waals surface area (Å²) in [6.07, 6.45) is 0.913. The molecule has 0 aliphatic rings. The molecule has 0 spiro atoms. The third kappa shape index (κ3) is 3.73. The molecule has 108 valence electrons. The minimum absolute atomic E-state index is 0.0654. The van der Waals surface area contributed by atoms with E-state index in [-0.39, 0.29) is 10.8 Å². The predicted molar refractivity (Wildman–Crippen MR) is 83.2 cm³/mol. The Bertz CT molecular complexity index is 401. The Labute approximate surface area is 118 Å². The molecule has 2 nitrogen and oxygen atoms in total. The normalized spacial score (nSPS) is 12.6. The minimum Gasteiger partial charge on any atom is -0.496 e. The van der Waals surface area contributed by atoms with E-state index in [1.54, 1.807) is 7.11 Å². The van der Waals surface area contributed by atoms with Crippen LogP contribution in [0, 0.1) is 0 Å². The highest BCUT2D eigenvalue weighted by Gasteiger charge is 2.27. The lowest BCUT2D eigenvalue weighted by molar-refractivity contribution is 0.381. The van der Waals surface area contributed by atoms with E-state index in [0.717, 1.165) is 12.2 Å². The van der Waals surface area contributed by atoms with Crippen molar-refractivity contribution in [2.24, 2.45) is 5.73 Å². The molecule has 0 fully saturated rings. The zero-order valence-corrected chi connectivity index (χ0v) is 13.6. The number of benzene rings is 1. The lowest BCUT2D eigenvalue weighted by atomic mass is 9.78. The van der Waals surface area contributed by atoms with E-state index < -0.39 is 0 Å². The van der Waals surface area contributed by atoms with Crippen molar-refractivity contribution in [3.8, 4) is 5.75 Å². The molecule has 0 unspecified atom stereocenters. The second-order valence-electron chi connectivity index (χ2n) is 7.26. The molecule has 2 heteroatoms. The average Bonchev–Trinajstić information content (AvgIpc) is 2.26. The van der Waals surface area contributed by atoms with Crippen molar-refractivity contribution < 1.29 is 4.74 Å². The maximum absolute atomic E-state index is 5.73. The van der Waals surface area contributed by atoms with Crippen LogP contribution in [0.3, 0.4) is 0 Å². The van der Waals surface area contributed by atoms with E-state index >= 15 is 0 Å². The van der Waals surface area contributed by atoms with Crippen molar-refractivity contribution in [1.82, 2.24) is 0 Å². The molecule has 0 atom stereocenters. The molecule has 1 aromatic rings. The third-order valence-corrected chi connectivity index (χ3v) is 3.40. The van der Waals surface area contributed by atoms with E-state index in [4.69, 9.17) is 10.5 Å². The summed E-state index contributed by atoms with van der Waals surface area (Å²) >= 11 is 0. The van der Waals surface area contributed by atoms with Crippen LogP contribution in [0.25, 0.3) is 0 Å². The molecule has 0 aliphatic heterocycles. The second kappa shape index (κ2) is 5.54. The molecule has 0 aromatic heterocycles. The van der Waals surface area contributed by atoms with Crippen LogP contribution in [-0.2, 0) is 17.3 Å². The van der Waals surface area contributed by atoms with Crippen LogP contribution >= 0.6 is 0 Å². The number of methoxy groups -OCH3 is 1. The number of nitrogens with two attached hydrogens (primary N) is 1. The molecule has 0 bridgehead atoms. The number of hydrogen-bond donors (Lipinski definition) is 1. The van der Waals surface area contributed by atoms with Crippen molar-refractivity contribution in [3.63, 3.8) is 0 Å². The minimum atomic E-state index is 0.0654. The molecule has 1 rings (SSSR count). The Kier molecular flexibility index (Phi) is 4.67. The van der Waals surface area contributed by atoms with Crippen LogP contribution in [-0.4, -0.2) is 13.7 Å². The monoisotopic (exact) mass is 263 g/mol. The van der Waals surface area contributed by atoms with E-state index in [2.05, 4.69) is 53.7 Å². The van der Waals surface area contributed by atoms with Crippen molar-refractivity contribution >= 4 is 0 Å². The average molecular weight is 263 g/mol. The first-order valence-corrected chi connectivity index (χ1v) is 7.03. The van der Waals surface area contributed by atoms with Crippen molar-refractivity contribution in [1.29, 1.82) is 0 Å². The van der Waals surface area contributed by atoms with E-state index in [1.807, 2.05) is 0 Å². The summed E-state index contributed by atoms with van der Waals surface area (Å²) in [4.78, 5) is 0. The van der Waals surface area contributed by atoms with E-state index in [1.165, 1.54) is 16.7 Å². The summed E-state index contributed by atoms with van der Waals surface area (Å²) in [5, 5.41) is 0. The fourth-order valence-corrected chi connectivity index (χ4v) is 2.33. The number of rotatable bonds is 3. The zero-order valence-electron chi connectivity index (χ0n) is 13.6. The summed E-state index contributed by atoms with van der Waals surface area (Å²) in [6, 6.07) is 4.50. The molecular weight excluding hydrogens is 234 g/mol. The molecule has 2 N–H and O–H groups in total. The third-order valence-electron chi connectivity index (χ3n) is 3.40. The van der Waals surface area contributed by atoms with E-state index in [0.29, 0.717) is 6.54 Å². The standard InChI is InChI=1S/C17H29NO/c1-16(2,3)13-10-12(8-9-18)11-14(15(13)19-7)17(4,5)6/h10-11H,8-9,18H2,1-7H3. The first-order valence-electron chi connectivity index (χ1n) is 7.03. The van der Waals surface area contributed by atoms with Gasteiger partial charge >= 0.3 is 0 Å². The van der Waals surface area contributed by atoms with Crippen LogP contribution in [0.15, 0.2) is 12.1 Å². The van der Waals surface area contributed by atoms with Crippen LogP contribution in [0.5, 0.6) is 5.75 Å². The van der Waals surface area contributed by atoms with Gasteiger partial charge in [0, 0.05) is 11.1 Å². The van der Waals surface area contributed by atoms with Gasteiger partial charge in [-0.2, -0.15) is 0 Å². The lowest BCUT2D eigenvalue weighted by Crippen LogP contribution is -2.20. The molecule has 0 saturated heterocycles. The molecule has 0 radical (unpaired) electrons. The Morgan fingerprint density at radius 1 is 0.947 bits per heavy atom. The Morgan fingerprint density at radius 2 is 1.37 bits per heavy atom. The van der Waals surface area contributed by atoms with Gasteiger partial charge in [0.15, 0.2) is 0 Å². The van der Waals surface area contributed by atoms with E-state index in [9.17, 15) is 0 Å². The summed E-state index contributed by atoms with van der Waals surface area (Å²) in [6.45, 7) is 14.0. The fourth-order valence-electron chi connectivity index (χ4n) is 2.33. The van der Waals surface area contributed by atoms with Crippen molar-refractivity contribution in [2.75, 3.05) is 13.7 Å². The van der Waals surface area contributed by atoms with Gasteiger partial charge in [0.1, 0.15) is 5.75 Å². The van der Waals surface area contributed by atoms with Gasteiger partial charge in [-0.1, -0.05) is 53.7 Å². The highest BCUT2D eigenvalue weighted by Crippen LogP contribution is 2.40. The van der Waals surface area contributed by atoms with Gasteiger partial charge in [-0.15, -0.1) is 0 Å². The highest BCUT2D eigenvalue weighted by atomic mass is 16.5. The van der Waals surface area contributed by atoms with Gasteiger partial charge in [-0.25, -0.2) is 0 Å². The van der Waals surface area contributed by atoms with Crippen LogP contribution in [0.2, 0.25) is 0 Å². The maximum atomic E-state index is 5.73. The molecule has 1 aromatic carbocycles. The van der Waals surface area contributed by atoms with Gasteiger partial charge < -0.3 is 10.5 Å². The number of hydrogen-bond acceptors (Lipinski definition) is 2. The molecule has 0 aliphatic carbocycles. The summed E-state index contributed by atoms with van der Waals surface area (Å²) < 4.78 is 5.73. The Morgan fingerprint density at radius 3 is 1.63 bits per heavy atom. The first kappa shape index (κ1) is 16.0. The largest absolute Gasteiger partial charge is 0.496 e. The zero-order chi connectivity index (χ0) is 14.8. The molecule has 0 saturated carbocycles. The van der Waals surface area contributed by atoms with Gasteiger partial charge in [-0.05, 0) is 29.4 Å². The van der Waals surface area contributed by atoms with Gasteiger partial charge in [-0.3, -0.25) is 0 Å². The number of ether oxygens (including phenoxy) is 1. The first-order chi connectivity index (χ1) is 8.61. The maximum Gasteiger partial charge on any atom is 0.126 e. The SMILES string of the molecule is COc1c(C(C)(C)C)cc(CCN)cc1C(C)(C)C. The van der Waals surface area contributed by atoms with Crippen LogP contribution < -0.4 is 10.5 Å².